The van der Waals surface area contributed by atoms with Crippen LogP contribution in [-0.2, 0) is 29.6 Å². The first kappa shape index (κ1) is 19.6. The van der Waals surface area contributed by atoms with Crippen molar-refractivity contribution in [3.05, 3.63) is 98.7 Å². The summed E-state index contributed by atoms with van der Waals surface area (Å²) in [6.45, 7) is 0.560. The molecule has 1 fully saturated rings. The highest BCUT2D eigenvalue weighted by molar-refractivity contribution is 5.79. The van der Waals surface area contributed by atoms with E-state index < -0.39 is 11.6 Å². The van der Waals surface area contributed by atoms with Crippen molar-refractivity contribution in [2.45, 2.75) is 37.6 Å². The van der Waals surface area contributed by atoms with Crippen molar-refractivity contribution in [1.29, 1.82) is 0 Å². The molecule has 2 aliphatic rings. The SMILES string of the molecule is O=C(Cc1cc(F)cc(F)c1)N1CCc2nc(C3(c4ccccc4)CC3)[nH]c(=O)c2C1. The Kier molecular flexibility index (Phi) is 4.68. The third-order valence-corrected chi connectivity index (χ3v) is 6.23. The van der Waals surface area contributed by atoms with Gasteiger partial charge in [0.25, 0.3) is 5.56 Å². The lowest BCUT2D eigenvalue weighted by molar-refractivity contribution is -0.131. The fraction of sp³-hybridized carbons (Fsp3) is 0.292. The molecule has 7 heteroatoms. The van der Waals surface area contributed by atoms with Gasteiger partial charge in [0, 0.05) is 19.0 Å². The molecule has 1 aliphatic heterocycles. The second kappa shape index (κ2) is 7.41. The second-order valence-corrected chi connectivity index (χ2v) is 8.31. The highest BCUT2D eigenvalue weighted by atomic mass is 19.1. The molecule has 0 saturated heterocycles. The topological polar surface area (TPSA) is 66.1 Å². The lowest BCUT2D eigenvalue weighted by Crippen LogP contribution is -2.41. The summed E-state index contributed by atoms with van der Waals surface area (Å²) in [6.07, 6.45) is 2.23. The molecule has 1 saturated carbocycles. The molecule has 1 amide bonds. The molecule has 158 valence electrons. The minimum atomic E-state index is -0.715. The number of nitrogens with zero attached hydrogens (tertiary/aromatic N) is 2. The van der Waals surface area contributed by atoms with E-state index in [4.69, 9.17) is 4.98 Å². The molecule has 0 spiro atoms. The Morgan fingerprint density at radius 1 is 1.10 bits per heavy atom. The van der Waals surface area contributed by atoms with E-state index in [1.807, 2.05) is 18.2 Å². The van der Waals surface area contributed by atoms with Crippen molar-refractivity contribution in [2.75, 3.05) is 6.54 Å². The van der Waals surface area contributed by atoms with Crippen LogP contribution in [0, 0.1) is 11.6 Å². The van der Waals surface area contributed by atoms with Gasteiger partial charge in [-0.1, -0.05) is 30.3 Å². The minimum Gasteiger partial charge on any atom is -0.337 e. The summed E-state index contributed by atoms with van der Waals surface area (Å²) >= 11 is 0. The van der Waals surface area contributed by atoms with E-state index in [-0.39, 0.29) is 35.4 Å². The lowest BCUT2D eigenvalue weighted by atomic mass is 9.94. The van der Waals surface area contributed by atoms with Crippen molar-refractivity contribution >= 4 is 5.91 Å². The third-order valence-electron chi connectivity index (χ3n) is 6.23. The molecule has 2 heterocycles. The average Bonchev–Trinajstić information content (AvgIpc) is 3.55. The molecule has 5 nitrogen and oxygen atoms in total. The Bertz CT molecular complexity index is 1200. The highest BCUT2D eigenvalue weighted by Gasteiger charge is 2.48. The normalized spacial score (nSPS) is 16.6. The molecule has 1 aromatic heterocycles. The Morgan fingerprint density at radius 3 is 2.48 bits per heavy atom. The van der Waals surface area contributed by atoms with E-state index in [9.17, 15) is 18.4 Å². The minimum absolute atomic E-state index is 0.120. The van der Waals surface area contributed by atoms with Crippen molar-refractivity contribution in [1.82, 2.24) is 14.9 Å². The van der Waals surface area contributed by atoms with Crippen LogP contribution in [0.2, 0.25) is 0 Å². The third kappa shape index (κ3) is 3.65. The quantitative estimate of drug-likeness (QED) is 0.703. The number of benzene rings is 2. The predicted molar refractivity (Wildman–Crippen MR) is 110 cm³/mol. The van der Waals surface area contributed by atoms with Gasteiger partial charge in [-0.2, -0.15) is 0 Å². The lowest BCUT2D eigenvalue weighted by Gasteiger charge is -2.28. The largest absolute Gasteiger partial charge is 0.337 e. The van der Waals surface area contributed by atoms with Gasteiger partial charge in [-0.25, -0.2) is 13.8 Å². The number of fused-ring (bicyclic) bond motifs is 1. The molecule has 0 bridgehead atoms. The zero-order chi connectivity index (χ0) is 21.6. The summed E-state index contributed by atoms with van der Waals surface area (Å²) in [7, 11) is 0. The molecule has 2 aromatic carbocycles. The molecule has 31 heavy (non-hydrogen) atoms. The smallest absolute Gasteiger partial charge is 0.256 e. The number of aromatic amines is 1. The fourth-order valence-corrected chi connectivity index (χ4v) is 4.41. The summed E-state index contributed by atoms with van der Waals surface area (Å²) < 4.78 is 26.8. The Balaban J connectivity index is 1.37. The summed E-state index contributed by atoms with van der Waals surface area (Å²) in [5.74, 6) is -1.01. The molecule has 0 unspecified atom stereocenters. The Hall–Kier alpha value is -3.35. The van der Waals surface area contributed by atoms with Crippen LogP contribution in [0.3, 0.4) is 0 Å². The number of rotatable bonds is 4. The van der Waals surface area contributed by atoms with Crippen LogP contribution in [0.1, 0.15) is 41.1 Å². The number of carbonyl (C=O) groups excluding carboxylic acids is 1. The highest BCUT2D eigenvalue weighted by Crippen LogP contribution is 2.51. The zero-order valence-electron chi connectivity index (χ0n) is 16.8. The number of hydrogen-bond donors (Lipinski definition) is 1. The summed E-state index contributed by atoms with van der Waals surface area (Å²) in [5, 5.41) is 0. The number of amides is 1. The number of nitrogens with one attached hydrogen (secondary N) is 1. The van der Waals surface area contributed by atoms with Gasteiger partial charge in [-0.05, 0) is 36.1 Å². The molecular formula is C24H21F2N3O2. The number of halogens is 2. The van der Waals surface area contributed by atoms with Crippen LogP contribution in [0.15, 0.2) is 53.3 Å². The van der Waals surface area contributed by atoms with E-state index in [0.29, 0.717) is 24.4 Å². The molecule has 0 radical (unpaired) electrons. The molecule has 3 aromatic rings. The van der Waals surface area contributed by atoms with Gasteiger partial charge < -0.3 is 9.88 Å². The van der Waals surface area contributed by atoms with Crippen molar-refractivity contribution in [2.24, 2.45) is 0 Å². The average molecular weight is 421 g/mol. The summed E-state index contributed by atoms with van der Waals surface area (Å²) in [5.41, 5.74) is 2.17. The van der Waals surface area contributed by atoms with Crippen LogP contribution in [-0.4, -0.2) is 27.3 Å². The van der Waals surface area contributed by atoms with Crippen LogP contribution in [0.25, 0.3) is 0 Å². The molecule has 5 rings (SSSR count). The first-order chi connectivity index (χ1) is 14.9. The number of carbonyl (C=O) groups is 1. The van der Waals surface area contributed by atoms with E-state index in [1.54, 1.807) is 4.90 Å². The second-order valence-electron chi connectivity index (χ2n) is 8.31. The van der Waals surface area contributed by atoms with Gasteiger partial charge in [0.2, 0.25) is 5.91 Å². The maximum absolute atomic E-state index is 13.4. The zero-order valence-corrected chi connectivity index (χ0v) is 16.8. The van der Waals surface area contributed by atoms with Crippen LogP contribution < -0.4 is 5.56 Å². The fourth-order valence-electron chi connectivity index (χ4n) is 4.41. The van der Waals surface area contributed by atoms with E-state index in [0.717, 1.165) is 42.3 Å². The van der Waals surface area contributed by atoms with E-state index >= 15 is 0 Å². The van der Waals surface area contributed by atoms with Crippen LogP contribution in [0.4, 0.5) is 8.78 Å². The van der Waals surface area contributed by atoms with Gasteiger partial charge in [0.1, 0.15) is 17.5 Å². The first-order valence-corrected chi connectivity index (χ1v) is 10.4. The monoisotopic (exact) mass is 421 g/mol. The first-order valence-electron chi connectivity index (χ1n) is 10.4. The standard InChI is InChI=1S/C24H21F2N3O2/c25-17-10-15(11-18(26)13-17)12-21(30)29-9-6-20-19(14-29)22(31)28-23(27-20)24(7-8-24)16-4-2-1-3-5-16/h1-5,10-11,13H,6-9,12,14H2,(H,27,28,31). The van der Waals surface area contributed by atoms with Crippen LogP contribution >= 0.6 is 0 Å². The number of hydrogen-bond acceptors (Lipinski definition) is 3. The van der Waals surface area contributed by atoms with Gasteiger partial charge in [0.15, 0.2) is 0 Å². The molecule has 1 aliphatic carbocycles. The van der Waals surface area contributed by atoms with Gasteiger partial charge >= 0.3 is 0 Å². The number of aromatic nitrogens is 2. The van der Waals surface area contributed by atoms with Crippen molar-refractivity contribution < 1.29 is 13.6 Å². The van der Waals surface area contributed by atoms with Crippen LogP contribution in [0.5, 0.6) is 0 Å². The van der Waals surface area contributed by atoms with Crippen molar-refractivity contribution in [3.63, 3.8) is 0 Å². The molecular weight excluding hydrogens is 400 g/mol. The Morgan fingerprint density at radius 2 is 1.81 bits per heavy atom. The van der Waals surface area contributed by atoms with E-state index in [2.05, 4.69) is 17.1 Å². The molecule has 0 atom stereocenters. The molecule has 1 N–H and O–H groups in total. The maximum Gasteiger partial charge on any atom is 0.256 e. The maximum atomic E-state index is 13.4. The predicted octanol–water partition coefficient (Wildman–Crippen LogP) is 3.26. The van der Waals surface area contributed by atoms with Gasteiger partial charge in [-0.15, -0.1) is 0 Å². The summed E-state index contributed by atoms with van der Waals surface area (Å²) in [4.78, 5) is 34.9. The van der Waals surface area contributed by atoms with Gasteiger partial charge in [-0.3, -0.25) is 9.59 Å². The van der Waals surface area contributed by atoms with E-state index in [1.165, 1.54) is 0 Å². The summed E-state index contributed by atoms with van der Waals surface area (Å²) in [6, 6.07) is 13.1. The van der Waals surface area contributed by atoms with Gasteiger partial charge in [0.05, 0.1) is 29.6 Å². The number of H-pyrrole nitrogens is 1. The Labute approximate surface area is 177 Å². The van der Waals surface area contributed by atoms with Crippen molar-refractivity contribution in [3.8, 4) is 0 Å².